The highest BCUT2D eigenvalue weighted by atomic mass is 16.2. The van der Waals surface area contributed by atoms with Gasteiger partial charge in [-0.05, 0) is 35.6 Å². The number of aromatic nitrogens is 1. The smallest absolute Gasteiger partial charge is 0.246 e. The average Bonchev–Trinajstić information content (AvgIpc) is 3.68. The van der Waals surface area contributed by atoms with Crippen LogP contribution in [-0.4, -0.2) is 64.2 Å². The molecule has 3 heterocycles. The van der Waals surface area contributed by atoms with Gasteiger partial charge in [0.2, 0.25) is 23.6 Å². The number of para-hydroxylation sites is 1. The molecule has 2 aliphatic heterocycles. The van der Waals surface area contributed by atoms with E-state index in [4.69, 9.17) is 0 Å². The second kappa shape index (κ2) is 12.5. The number of nitrogens with one attached hydrogen (secondary N) is 4. The van der Waals surface area contributed by atoms with Gasteiger partial charge in [0.1, 0.15) is 24.2 Å². The number of rotatable bonds is 6. The lowest BCUT2D eigenvalue weighted by atomic mass is 9.99. The van der Waals surface area contributed by atoms with Gasteiger partial charge < -0.3 is 25.8 Å². The lowest BCUT2D eigenvalue weighted by Crippen LogP contribution is -2.62. The van der Waals surface area contributed by atoms with Crippen LogP contribution >= 0.6 is 0 Å². The van der Waals surface area contributed by atoms with Crippen LogP contribution in [0.3, 0.4) is 0 Å². The van der Waals surface area contributed by atoms with Gasteiger partial charge in [0.15, 0.2) is 0 Å². The predicted octanol–water partition coefficient (Wildman–Crippen LogP) is 2.65. The standard InChI is InChI=1S/C34H35N5O4/c40-31-27(18-22-10-3-1-4-11-22)37-33(42)30-16-9-17-39(30)34(43)29(19-23-12-5-2-6-13-23)38-32(41)28(36-31)20-24-21-35-26-15-8-7-14-25(24)26/h1-8,10-15,21,27-30,35H,9,16-20H2,(H,36,40)(H,37,42)(H,38,41)/t27-,28-,29+,30-/m1/s1. The summed E-state index contributed by atoms with van der Waals surface area (Å²) in [6.45, 7) is 0.409. The van der Waals surface area contributed by atoms with Crippen molar-refractivity contribution in [2.45, 2.75) is 56.3 Å². The zero-order valence-electron chi connectivity index (χ0n) is 23.8. The van der Waals surface area contributed by atoms with Crippen molar-refractivity contribution in [3.8, 4) is 0 Å². The third kappa shape index (κ3) is 6.30. The van der Waals surface area contributed by atoms with Gasteiger partial charge in [0.25, 0.3) is 0 Å². The summed E-state index contributed by atoms with van der Waals surface area (Å²) in [4.78, 5) is 60.3. The number of hydrogen-bond donors (Lipinski definition) is 4. The molecule has 220 valence electrons. The van der Waals surface area contributed by atoms with E-state index in [1.807, 2.05) is 91.1 Å². The molecule has 9 nitrogen and oxygen atoms in total. The number of H-pyrrole nitrogens is 1. The van der Waals surface area contributed by atoms with Crippen molar-refractivity contribution in [1.29, 1.82) is 0 Å². The molecule has 0 saturated carbocycles. The molecule has 2 aliphatic rings. The average molecular weight is 578 g/mol. The van der Waals surface area contributed by atoms with Crippen LogP contribution in [0.2, 0.25) is 0 Å². The fraction of sp³-hybridized carbons (Fsp3) is 0.294. The molecule has 1 aromatic heterocycles. The Morgan fingerprint density at radius 3 is 1.88 bits per heavy atom. The highest BCUT2D eigenvalue weighted by molar-refractivity contribution is 5.98. The number of fused-ring (bicyclic) bond motifs is 2. The minimum Gasteiger partial charge on any atom is -0.361 e. The molecule has 6 rings (SSSR count). The van der Waals surface area contributed by atoms with Crippen molar-refractivity contribution in [2.24, 2.45) is 0 Å². The van der Waals surface area contributed by atoms with Crippen molar-refractivity contribution in [3.63, 3.8) is 0 Å². The molecule has 2 saturated heterocycles. The van der Waals surface area contributed by atoms with Crippen LogP contribution in [0.4, 0.5) is 0 Å². The van der Waals surface area contributed by atoms with E-state index in [0.717, 1.165) is 27.6 Å². The largest absolute Gasteiger partial charge is 0.361 e. The Morgan fingerprint density at radius 2 is 1.19 bits per heavy atom. The molecule has 0 unspecified atom stereocenters. The Morgan fingerprint density at radius 1 is 0.628 bits per heavy atom. The van der Waals surface area contributed by atoms with Gasteiger partial charge in [-0.15, -0.1) is 0 Å². The first-order valence-corrected chi connectivity index (χ1v) is 14.8. The number of amides is 4. The van der Waals surface area contributed by atoms with Gasteiger partial charge in [0, 0.05) is 42.9 Å². The molecular formula is C34H35N5O4. The Kier molecular flexibility index (Phi) is 8.22. The predicted molar refractivity (Wildman–Crippen MR) is 163 cm³/mol. The number of carbonyl (C=O) groups excluding carboxylic acids is 4. The summed E-state index contributed by atoms with van der Waals surface area (Å²) in [5, 5.41) is 9.78. The van der Waals surface area contributed by atoms with Crippen LogP contribution in [0, 0.1) is 0 Å². The Labute approximate surface area is 250 Å². The van der Waals surface area contributed by atoms with E-state index >= 15 is 0 Å². The number of nitrogens with zero attached hydrogens (tertiary/aromatic N) is 1. The molecule has 4 atom stereocenters. The SMILES string of the molecule is O=C1N[C@H](Cc2ccccc2)C(=O)N[C@H](Cc2c[nH]c3ccccc23)C(=O)N[C@@H](Cc2ccccc2)C(=O)N2CCC[C@H]12. The van der Waals surface area contributed by atoms with Crippen molar-refractivity contribution in [1.82, 2.24) is 25.8 Å². The first-order chi connectivity index (χ1) is 21.0. The van der Waals surface area contributed by atoms with Crippen molar-refractivity contribution < 1.29 is 19.2 Å². The van der Waals surface area contributed by atoms with Crippen molar-refractivity contribution in [3.05, 3.63) is 108 Å². The van der Waals surface area contributed by atoms with E-state index in [1.165, 1.54) is 0 Å². The molecule has 2 fully saturated rings. The summed E-state index contributed by atoms with van der Waals surface area (Å²) in [5.74, 6) is -1.56. The van der Waals surface area contributed by atoms with Crippen LogP contribution in [0.25, 0.3) is 10.9 Å². The van der Waals surface area contributed by atoms with Gasteiger partial charge in [-0.2, -0.15) is 0 Å². The molecule has 3 aromatic carbocycles. The van der Waals surface area contributed by atoms with E-state index in [-0.39, 0.29) is 31.1 Å². The molecule has 43 heavy (non-hydrogen) atoms. The highest BCUT2D eigenvalue weighted by Gasteiger charge is 2.40. The summed E-state index contributed by atoms with van der Waals surface area (Å²) in [6, 6.07) is 23.1. The molecule has 0 aliphatic carbocycles. The third-order valence-electron chi connectivity index (χ3n) is 8.38. The molecule has 0 spiro atoms. The molecule has 0 bridgehead atoms. The van der Waals surface area contributed by atoms with E-state index in [0.29, 0.717) is 19.4 Å². The maximum Gasteiger partial charge on any atom is 0.246 e. The van der Waals surface area contributed by atoms with Crippen LogP contribution < -0.4 is 16.0 Å². The lowest BCUT2D eigenvalue weighted by molar-refractivity contribution is -0.143. The minimum atomic E-state index is -0.984. The van der Waals surface area contributed by atoms with E-state index < -0.39 is 36.0 Å². The molecule has 9 heteroatoms. The Bertz CT molecular complexity index is 1620. The second-order valence-electron chi connectivity index (χ2n) is 11.3. The molecule has 4 amide bonds. The quantitative estimate of drug-likeness (QED) is 0.281. The second-order valence-corrected chi connectivity index (χ2v) is 11.3. The van der Waals surface area contributed by atoms with E-state index in [2.05, 4.69) is 20.9 Å². The monoisotopic (exact) mass is 577 g/mol. The van der Waals surface area contributed by atoms with Gasteiger partial charge in [-0.3, -0.25) is 19.2 Å². The summed E-state index contributed by atoms with van der Waals surface area (Å²) in [5.41, 5.74) is 3.53. The summed E-state index contributed by atoms with van der Waals surface area (Å²) in [6.07, 6.45) is 3.70. The first-order valence-electron chi connectivity index (χ1n) is 14.8. The fourth-order valence-electron chi connectivity index (χ4n) is 6.15. The number of hydrogen-bond acceptors (Lipinski definition) is 4. The van der Waals surface area contributed by atoms with Crippen LogP contribution in [0.15, 0.2) is 91.1 Å². The maximum atomic E-state index is 14.0. The summed E-state index contributed by atoms with van der Waals surface area (Å²) in [7, 11) is 0. The van der Waals surface area contributed by atoms with E-state index in [9.17, 15) is 19.2 Å². The van der Waals surface area contributed by atoms with Crippen LogP contribution in [-0.2, 0) is 38.4 Å². The molecule has 0 radical (unpaired) electrons. The normalized spacial score (nSPS) is 23.1. The third-order valence-corrected chi connectivity index (χ3v) is 8.38. The van der Waals surface area contributed by atoms with Crippen molar-refractivity contribution in [2.75, 3.05) is 6.54 Å². The summed E-state index contributed by atoms with van der Waals surface area (Å²) >= 11 is 0. The number of carbonyl (C=O) groups is 4. The molecule has 4 aromatic rings. The van der Waals surface area contributed by atoms with E-state index in [1.54, 1.807) is 4.90 Å². The minimum absolute atomic E-state index is 0.201. The Hall–Kier alpha value is -4.92. The van der Waals surface area contributed by atoms with Crippen LogP contribution in [0.5, 0.6) is 0 Å². The number of benzene rings is 3. The molecular weight excluding hydrogens is 542 g/mol. The first kappa shape index (κ1) is 28.2. The zero-order chi connectivity index (χ0) is 29.8. The topological polar surface area (TPSA) is 123 Å². The number of aromatic amines is 1. The van der Waals surface area contributed by atoms with Crippen LogP contribution in [0.1, 0.15) is 29.5 Å². The van der Waals surface area contributed by atoms with Gasteiger partial charge in [-0.25, -0.2) is 0 Å². The lowest BCUT2D eigenvalue weighted by Gasteiger charge is -2.32. The fourth-order valence-corrected chi connectivity index (χ4v) is 6.15. The van der Waals surface area contributed by atoms with Gasteiger partial charge in [-0.1, -0.05) is 78.9 Å². The Balaban J connectivity index is 1.36. The zero-order valence-corrected chi connectivity index (χ0v) is 23.8. The maximum absolute atomic E-state index is 14.0. The molecule has 4 N–H and O–H groups in total. The highest BCUT2D eigenvalue weighted by Crippen LogP contribution is 2.22. The van der Waals surface area contributed by atoms with Crippen molar-refractivity contribution >= 4 is 34.5 Å². The van der Waals surface area contributed by atoms with Gasteiger partial charge in [0.05, 0.1) is 0 Å². The van der Waals surface area contributed by atoms with Gasteiger partial charge >= 0.3 is 0 Å². The summed E-state index contributed by atoms with van der Waals surface area (Å²) < 4.78 is 0.